The summed E-state index contributed by atoms with van der Waals surface area (Å²) >= 11 is 5.78. The first kappa shape index (κ1) is 11.6. The van der Waals surface area contributed by atoms with Gasteiger partial charge in [0.25, 0.3) is 0 Å². The molecule has 1 aliphatic heterocycles. The number of ether oxygens (including phenoxy) is 1. The summed E-state index contributed by atoms with van der Waals surface area (Å²) in [6, 6.07) is 7.46. The van der Waals surface area contributed by atoms with E-state index in [4.69, 9.17) is 16.3 Å². The highest BCUT2D eigenvalue weighted by Gasteiger charge is 2.18. The van der Waals surface area contributed by atoms with Gasteiger partial charge in [-0.05, 0) is 30.0 Å². The Morgan fingerprint density at radius 1 is 1.38 bits per heavy atom. The molecule has 0 spiro atoms. The minimum absolute atomic E-state index is 0.290. The smallest absolute Gasteiger partial charge is 0.137 e. The van der Waals surface area contributed by atoms with Gasteiger partial charge in [0.1, 0.15) is 5.78 Å². The predicted molar refractivity (Wildman–Crippen MR) is 63.7 cm³/mol. The van der Waals surface area contributed by atoms with E-state index in [0.717, 1.165) is 25.2 Å². The maximum Gasteiger partial charge on any atom is 0.137 e. The van der Waals surface area contributed by atoms with Crippen LogP contribution < -0.4 is 0 Å². The van der Waals surface area contributed by atoms with Crippen molar-refractivity contribution in [3.05, 3.63) is 34.9 Å². The average Bonchev–Trinajstić information content (AvgIpc) is 2.74. The molecular formula is C13H15ClO2. The Kier molecular flexibility index (Phi) is 3.97. The third kappa shape index (κ3) is 3.32. The van der Waals surface area contributed by atoms with E-state index in [2.05, 4.69) is 0 Å². The van der Waals surface area contributed by atoms with Crippen molar-refractivity contribution in [3.63, 3.8) is 0 Å². The summed E-state index contributed by atoms with van der Waals surface area (Å²) in [5.41, 5.74) is 1.04. The number of rotatable bonds is 4. The maximum absolute atomic E-state index is 11.8. The molecule has 1 fully saturated rings. The number of carbonyl (C=O) groups excluding carboxylic acids is 1. The topological polar surface area (TPSA) is 26.3 Å². The summed E-state index contributed by atoms with van der Waals surface area (Å²) in [6.45, 7) is 1.55. The molecule has 0 aromatic heterocycles. The molecule has 0 bridgehead atoms. The van der Waals surface area contributed by atoms with Crippen LogP contribution in [0.25, 0.3) is 0 Å². The third-order valence-electron chi connectivity index (χ3n) is 2.85. The Hall–Kier alpha value is -0.860. The summed E-state index contributed by atoms with van der Waals surface area (Å²) in [4.78, 5) is 11.8. The van der Waals surface area contributed by atoms with Gasteiger partial charge in [-0.1, -0.05) is 23.7 Å². The van der Waals surface area contributed by atoms with E-state index < -0.39 is 0 Å². The Balaban J connectivity index is 1.84. The monoisotopic (exact) mass is 238 g/mol. The van der Waals surface area contributed by atoms with Crippen LogP contribution in [0.15, 0.2) is 24.3 Å². The predicted octanol–water partition coefficient (Wildman–Crippen LogP) is 2.88. The zero-order valence-electron chi connectivity index (χ0n) is 9.12. The molecule has 1 heterocycles. The van der Waals surface area contributed by atoms with Crippen molar-refractivity contribution in [3.8, 4) is 0 Å². The highest BCUT2D eigenvalue weighted by molar-refractivity contribution is 6.30. The quantitative estimate of drug-likeness (QED) is 0.806. The van der Waals surface area contributed by atoms with Crippen LogP contribution in [0, 0.1) is 5.92 Å². The van der Waals surface area contributed by atoms with E-state index in [-0.39, 0.29) is 5.78 Å². The molecule has 0 aliphatic carbocycles. The fourth-order valence-corrected chi connectivity index (χ4v) is 2.09. The van der Waals surface area contributed by atoms with Crippen molar-refractivity contribution in [2.24, 2.45) is 5.92 Å². The van der Waals surface area contributed by atoms with Crippen LogP contribution in [0.5, 0.6) is 0 Å². The van der Waals surface area contributed by atoms with Gasteiger partial charge in [-0.25, -0.2) is 0 Å². The number of ketones is 1. The number of halogens is 1. The van der Waals surface area contributed by atoms with Crippen molar-refractivity contribution in [2.75, 3.05) is 13.2 Å². The van der Waals surface area contributed by atoms with Gasteiger partial charge in [0.15, 0.2) is 0 Å². The summed E-state index contributed by atoms with van der Waals surface area (Å²) in [5.74, 6) is 0.720. The highest BCUT2D eigenvalue weighted by atomic mass is 35.5. The van der Waals surface area contributed by atoms with E-state index in [1.807, 2.05) is 24.3 Å². The molecule has 1 atom stereocenters. The number of carbonyl (C=O) groups is 1. The molecule has 0 saturated carbocycles. The minimum atomic E-state index is 0.290. The normalized spacial score (nSPS) is 19.9. The van der Waals surface area contributed by atoms with Crippen molar-refractivity contribution >= 4 is 17.4 Å². The van der Waals surface area contributed by atoms with Crippen LogP contribution >= 0.6 is 11.6 Å². The molecule has 1 aromatic carbocycles. The highest BCUT2D eigenvalue weighted by Crippen LogP contribution is 2.18. The fourth-order valence-electron chi connectivity index (χ4n) is 1.97. The first-order chi connectivity index (χ1) is 7.74. The van der Waals surface area contributed by atoms with Crippen molar-refractivity contribution < 1.29 is 9.53 Å². The molecule has 0 radical (unpaired) electrons. The van der Waals surface area contributed by atoms with E-state index >= 15 is 0 Å². The molecule has 0 N–H and O–H groups in total. The lowest BCUT2D eigenvalue weighted by atomic mass is 9.98. The Morgan fingerprint density at radius 2 is 2.12 bits per heavy atom. The minimum Gasteiger partial charge on any atom is -0.381 e. The van der Waals surface area contributed by atoms with Crippen LogP contribution in [-0.4, -0.2) is 19.0 Å². The molecule has 2 nitrogen and oxygen atoms in total. The molecular weight excluding hydrogens is 224 g/mol. The van der Waals surface area contributed by atoms with Crippen LogP contribution in [0.4, 0.5) is 0 Å². The second-order valence-electron chi connectivity index (χ2n) is 4.28. The molecule has 16 heavy (non-hydrogen) atoms. The van der Waals surface area contributed by atoms with Gasteiger partial charge in [-0.3, -0.25) is 4.79 Å². The van der Waals surface area contributed by atoms with Gasteiger partial charge in [-0.2, -0.15) is 0 Å². The van der Waals surface area contributed by atoms with Crippen molar-refractivity contribution in [2.45, 2.75) is 19.3 Å². The summed E-state index contributed by atoms with van der Waals surface area (Å²) in [5, 5.41) is 0.709. The van der Waals surface area contributed by atoms with E-state index in [1.165, 1.54) is 0 Å². The SMILES string of the molecule is O=C(Cc1ccc(Cl)cc1)CC1CCOC1. The van der Waals surface area contributed by atoms with Crippen LogP contribution in [0.3, 0.4) is 0 Å². The second kappa shape index (κ2) is 5.46. The average molecular weight is 239 g/mol. The molecule has 1 aliphatic rings. The van der Waals surface area contributed by atoms with E-state index in [1.54, 1.807) is 0 Å². The Labute approximate surface area is 101 Å². The fraction of sp³-hybridized carbons (Fsp3) is 0.462. The van der Waals surface area contributed by atoms with Gasteiger partial charge in [0, 0.05) is 31.1 Å². The van der Waals surface area contributed by atoms with Crippen molar-refractivity contribution in [1.82, 2.24) is 0 Å². The Bertz CT molecular complexity index is 353. The third-order valence-corrected chi connectivity index (χ3v) is 3.11. The Morgan fingerprint density at radius 3 is 2.75 bits per heavy atom. The molecule has 86 valence electrons. The van der Waals surface area contributed by atoms with Crippen LogP contribution in [0.1, 0.15) is 18.4 Å². The van der Waals surface area contributed by atoms with Gasteiger partial charge in [0.2, 0.25) is 0 Å². The molecule has 1 saturated heterocycles. The summed E-state index contributed by atoms with van der Waals surface area (Å²) in [7, 11) is 0. The van der Waals surface area contributed by atoms with Gasteiger partial charge in [-0.15, -0.1) is 0 Å². The zero-order chi connectivity index (χ0) is 11.4. The first-order valence-corrected chi connectivity index (χ1v) is 5.96. The lowest BCUT2D eigenvalue weighted by molar-refractivity contribution is -0.119. The lowest BCUT2D eigenvalue weighted by Crippen LogP contribution is -2.10. The molecule has 3 heteroatoms. The van der Waals surface area contributed by atoms with E-state index in [0.29, 0.717) is 23.8 Å². The standard InChI is InChI=1S/C13H15ClO2/c14-12-3-1-10(2-4-12)7-13(15)8-11-5-6-16-9-11/h1-4,11H,5-9H2. The van der Waals surface area contributed by atoms with Crippen LogP contribution in [0.2, 0.25) is 5.02 Å². The number of hydrogen-bond acceptors (Lipinski definition) is 2. The number of benzene rings is 1. The molecule has 2 rings (SSSR count). The first-order valence-electron chi connectivity index (χ1n) is 5.58. The summed E-state index contributed by atoms with van der Waals surface area (Å²) < 4.78 is 5.25. The second-order valence-corrected chi connectivity index (χ2v) is 4.71. The largest absolute Gasteiger partial charge is 0.381 e. The molecule has 0 amide bonds. The summed E-state index contributed by atoms with van der Waals surface area (Å²) in [6.07, 6.45) is 2.17. The number of hydrogen-bond donors (Lipinski definition) is 0. The van der Waals surface area contributed by atoms with E-state index in [9.17, 15) is 4.79 Å². The van der Waals surface area contributed by atoms with Gasteiger partial charge in [0.05, 0.1) is 0 Å². The van der Waals surface area contributed by atoms with Gasteiger partial charge < -0.3 is 4.74 Å². The van der Waals surface area contributed by atoms with Crippen LogP contribution in [-0.2, 0) is 16.0 Å². The molecule has 1 aromatic rings. The zero-order valence-corrected chi connectivity index (χ0v) is 9.87. The molecule has 1 unspecified atom stereocenters. The number of Topliss-reactive ketones (excluding diaryl/α,β-unsaturated/α-hetero) is 1. The van der Waals surface area contributed by atoms with Gasteiger partial charge >= 0.3 is 0 Å². The maximum atomic E-state index is 11.8. The lowest BCUT2D eigenvalue weighted by Gasteiger charge is -2.06. The van der Waals surface area contributed by atoms with Crippen molar-refractivity contribution in [1.29, 1.82) is 0 Å².